The fourth-order valence-corrected chi connectivity index (χ4v) is 5.78. The van der Waals surface area contributed by atoms with E-state index >= 15 is 0 Å². The molecule has 2 fully saturated rings. The lowest BCUT2D eigenvalue weighted by molar-refractivity contribution is -0.135. The van der Waals surface area contributed by atoms with Gasteiger partial charge in [0.05, 0.1) is 30.5 Å². The standard InChI is InChI=1S/C24H30N6O4S/c1-16-18(14-28-5-7-29(8-6-28)20(32)15-31)35-22-21(16)26-23(17-3-4-19(33-2)25-13-17)27-24(22)30-9-11-34-12-10-30/h3-4,13,31H,5-12,14-15H2,1-2H3. The van der Waals surface area contributed by atoms with Crippen molar-refractivity contribution < 1.29 is 19.4 Å². The number of hydrogen-bond donors (Lipinski definition) is 1. The molecule has 0 spiro atoms. The fraction of sp³-hybridized carbons (Fsp3) is 0.500. The summed E-state index contributed by atoms with van der Waals surface area (Å²) in [6, 6.07) is 3.76. The first-order valence-electron chi connectivity index (χ1n) is 11.8. The number of rotatable bonds is 6. The van der Waals surface area contributed by atoms with E-state index in [2.05, 4.69) is 21.7 Å². The van der Waals surface area contributed by atoms with Crippen molar-refractivity contribution in [2.24, 2.45) is 0 Å². The Morgan fingerprint density at radius 2 is 1.91 bits per heavy atom. The number of aromatic nitrogens is 3. The Labute approximate surface area is 208 Å². The van der Waals surface area contributed by atoms with Gasteiger partial charge in [0, 0.05) is 68.5 Å². The minimum Gasteiger partial charge on any atom is -0.481 e. The van der Waals surface area contributed by atoms with Crippen molar-refractivity contribution >= 4 is 33.3 Å². The molecular formula is C24H30N6O4S. The molecule has 0 radical (unpaired) electrons. The summed E-state index contributed by atoms with van der Waals surface area (Å²) in [6.45, 7) is 8.28. The van der Waals surface area contributed by atoms with Crippen LogP contribution in [0.1, 0.15) is 10.4 Å². The van der Waals surface area contributed by atoms with E-state index < -0.39 is 6.61 Å². The molecule has 1 N–H and O–H groups in total. The van der Waals surface area contributed by atoms with Crippen molar-refractivity contribution in [2.45, 2.75) is 13.5 Å². The third-order valence-corrected chi connectivity index (χ3v) is 7.85. The Morgan fingerprint density at radius 1 is 1.14 bits per heavy atom. The second kappa shape index (κ2) is 10.4. The van der Waals surface area contributed by atoms with Crippen LogP contribution in [0.5, 0.6) is 5.88 Å². The minimum atomic E-state index is -0.426. The summed E-state index contributed by atoms with van der Waals surface area (Å²) in [7, 11) is 1.60. The van der Waals surface area contributed by atoms with Gasteiger partial charge in [-0.15, -0.1) is 11.3 Å². The van der Waals surface area contributed by atoms with Gasteiger partial charge in [-0.2, -0.15) is 0 Å². The number of aliphatic hydroxyl groups excluding tert-OH is 1. The summed E-state index contributed by atoms with van der Waals surface area (Å²) < 4.78 is 11.9. The van der Waals surface area contributed by atoms with E-state index in [1.54, 1.807) is 29.5 Å². The molecule has 0 saturated carbocycles. The summed E-state index contributed by atoms with van der Waals surface area (Å²) in [5.74, 6) is 1.95. The molecule has 1 amide bonds. The summed E-state index contributed by atoms with van der Waals surface area (Å²) in [5, 5.41) is 9.13. The number of aryl methyl sites for hydroxylation is 1. The normalized spacial score (nSPS) is 17.2. The zero-order valence-corrected chi connectivity index (χ0v) is 20.9. The molecule has 0 unspecified atom stereocenters. The number of fused-ring (bicyclic) bond motifs is 1. The van der Waals surface area contributed by atoms with Gasteiger partial charge in [0.1, 0.15) is 6.61 Å². The maximum Gasteiger partial charge on any atom is 0.248 e. The van der Waals surface area contributed by atoms with E-state index in [0.717, 1.165) is 54.3 Å². The van der Waals surface area contributed by atoms with Gasteiger partial charge in [0.15, 0.2) is 11.6 Å². The lowest BCUT2D eigenvalue weighted by atomic mass is 10.2. The van der Waals surface area contributed by atoms with Crippen LogP contribution in [0, 0.1) is 6.92 Å². The van der Waals surface area contributed by atoms with E-state index in [4.69, 9.17) is 24.5 Å². The van der Waals surface area contributed by atoms with Gasteiger partial charge < -0.3 is 24.4 Å². The van der Waals surface area contributed by atoms with Crippen LogP contribution >= 0.6 is 11.3 Å². The number of piperazine rings is 1. The number of nitrogens with zero attached hydrogens (tertiary/aromatic N) is 6. The summed E-state index contributed by atoms with van der Waals surface area (Å²) in [4.78, 5) is 33.7. The number of methoxy groups -OCH3 is 1. The number of anilines is 1. The van der Waals surface area contributed by atoms with E-state index in [1.165, 1.54) is 10.4 Å². The number of ether oxygens (including phenoxy) is 2. The monoisotopic (exact) mass is 498 g/mol. The van der Waals surface area contributed by atoms with E-state index in [-0.39, 0.29) is 5.91 Å². The highest BCUT2D eigenvalue weighted by Crippen LogP contribution is 2.38. The van der Waals surface area contributed by atoms with Crippen LogP contribution in [0.3, 0.4) is 0 Å². The molecule has 5 heterocycles. The first kappa shape index (κ1) is 23.9. The second-order valence-electron chi connectivity index (χ2n) is 8.70. The van der Waals surface area contributed by atoms with E-state index in [0.29, 0.717) is 38.0 Å². The molecular weight excluding hydrogens is 468 g/mol. The topological polar surface area (TPSA) is 104 Å². The molecule has 35 heavy (non-hydrogen) atoms. The van der Waals surface area contributed by atoms with Gasteiger partial charge in [-0.3, -0.25) is 9.69 Å². The Hall–Kier alpha value is -2.86. The average molecular weight is 499 g/mol. The molecule has 186 valence electrons. The first-order valence-corrected chi connectivity index (χ1v) is 12.6. The predicted octanol–water partition coefficient (Wildman–Crippen LogP) is 1.54. The van der Waals surface area contributed by atoms with Crippen molar-refractivity contribution in [3.8, 4) is 17.3 Å². The number of morpholine rings is 1. The Bertz CT molecular complexity index is 1190. The number of thiophene rings is 1. The quantitative estimate of drug-likeness (QED) is 0.542. The molecule has 11 heteroatoms. The number of aliphatic hydroxyl groups is 1. The largest absolute Gasteiger partial charge is 0.481 e. The first-order chi connectivity index (χ1) is 17.1. The van der Waals surface area contributed by atoms with Crippen molar-refractivity contribution in [1.29, 1.82) is 0 Å². The van der Waals surface area contributed by atoms with Gasteiger partial charge in [0.2, 0.25) is 11.8 Å². The molecule has 0 atom stereocenters. The van der Waals surface area contributed by atoms with Gasteiger partial charge in [-0.1, -0.05) is 0 Å². The van der Waals surface area contributed by atoms with Crippen molar-refractivity contribution in [3.05, 3.63) is 28.8 Å². The molecule has 0 bridgehead atoms. The molecule has 2 saturated heterocycles. The zero-order valence-electron chi connectivity index (χ0n) is 20.1. The Balaban J connectivity index is 1.47. The third kappa shape index (κ3) is 4.94. The SMILES string of the molecule is COc1ccc(-c2nc(N3CCOCC3)c3sc(CN4CCN(C(=O)CO)CC4)c(C)c3n2)cn1. The van der Waals surface area contributed by atoms with Crippen molar-refractivity contribution in [1.82, 2.24) is 24.8 Å². The lowest BCUT2D eigenvalue weighted by Gasteiger charge is -2.34. The minimum absolute atomic E-state index is 0.200. The highest BCUT2D eigenvalue weighted by atomic mass is 32.1. The Morgan fingerprint density at radius 3 is 2.57 bits per heavy atom. The maximum absolute atomic E-state index is 11.8. The van der Waals surface area contributed by atoms with Crippen LogP contribution in [-0.4, -0.2) is 102 Å². The maximum atomic E-state index is 11.8. The molecule has 2 aliphatic rings. The van der Waals surface area contributed by atoms with Gasteiger partial charge >= 0.3 is 0 Å². The molecule has 0 aliphatic carbocycles. The molecule has 2 aliphatic heterocycles. The average Bonchev–Trinajstić information content (AvgIpc) is 3.23. The Kier molecular flexibility index (Phi) is 7.09. The van der Waals surface area contributed by atoms with Crippen LogP contribution in [0.2, 0.25) is 0 Å². The van der Waals surface area contributed by atoms with Crippen molar-refractivity contribution in [2.75, 3.05) is 71.1 Å². The predicted molar refractivity (Wildman–Crippen MR) is 134 cm³/mol. The van der Waals surface area contributed by atoms with E-state index in [9.17, 15) is 4.79 Å². The molecule has 10 nitrogen and oxygen atoms in total. The third-order valence-electron chi connectivity index (χ3n) is 6.59. The van der Waals surface area contributed by atoms with Crippen LogP contribution in [-0.2, 0) is 16.1 Å². The smallest absolute Gasteiger partial charge is 0.248 e. The van der Waals surface area contributed by atoms with Crippen LogP contribution in [0.4, 0.5) is 5.82 Å². The van der Waals surface area contributed by atoms with Crippen LogP contribution < -0.4 is 9.64 Å². The number of carbonyl (C=O) groups excluding carboxylic acids is 1. The van der Waals surface area contributed by atoms with Gasteiger partial charge in [0.25, 0.3) is 0 Å². The second-order valence-corrected chi connectivity index (χ2v) is 9.81. The van der Waals surface area contributed by atoms with Crippen molar-refractivity contribution in [3.63, 3.8) is 0 Å². The molecule has 5 rings (SSSR count). The number of hydrogen-bond acceptors (Lipinski definition) is 10. The van der Waals surface area contributed by atoms with E-state index in [1.807, 2.05) is 12.1 Å². The van der Waals surface area contributed by atoms with Gasteiger partial charge in [-0.05, 0) is 18.6 Å². The highest BCUT2D eigenvalue weighted by Gasteiger charge is 2.25. The highest BCUT2D eigenvalue weighted by molar-refractivity contribution is 7.19. The fourth-order valence-electron chi connectivity index (χ4n) is 4.48. The molecule has 0 aromatic carbocycles. The van der Waals surface area contributed by atoms with Crippen LogP contribution in [0.15, 0.2) is 18.3 Å². The van der Waals surface area contributed by atoms with Crippen LogP contribution in [0.25, 0.3) is 21.6 Å². The lowest BCUT2D eigenvalue weighted by Crippen LogP contribution is -2.49. The molecule has 3 aromatic rings. The number of amides is 1. The number of carbonyl (C=O) groups is 1. The zero-order chi connectivity index (χ0) is 24.4. The van der Waals surface area contributed by atoms with Gasteiger partial charge in [-0.25, -0.2) is 15.0 Å². The number of pyridine rings is 1. The molecule has 3 aromatic heterocycles. The summed E-state index contributed by atoms with van der Waals surface area (Å²) >= 11 is 1.75. The summed E-state index contributed by atoms with van der Waals surface area (Å²) in [6.07, 6.45) is 1.75. The summed E-state index contributed by atoms with van der Waals surface area (Å²) in [5.41, 5.74) is 2.99.